The van der Waals surface area contributed by atoms with E-state index in [0.29, 0.717) is 18.8 Å². The van der Waals surface area contributed by atoms with Gasteiger partial charge in [0.2, 0.25) is 0 Å². The molecule has 0 radical (unpaired) electrons. The second-order valence-electron chi connectivity index (χ2n) is 6.44. The number of ether oxygens (including phenoxy) is 2. The molecule has 1 amide bonds. The summed E-state index contributed by atoms with van der Waals surface area (Å²) < 4.78 is 10.6. The van der Waals surface area contributed by atoms with Crippen molar-refractivity contribution in [1.82, 2.24) is 9.80 Å². The third-order valence-corrected chi connectivity index (χ3v) is 4.62. The number of benzene rings is 1. The molecule has 126 valence electrons. The minimum Gasteiger partial charge on any atom is -0.491 e. The number of carbonyl (C=O) groups is 1. The summed E-state index contributed by atoms with van der Waals surface area (Å²) >= 11 is 0. The third-order valence-electron chi connectivity index (χ3n) is 4.62. The van der Waals surface area contributed by atoms with Crippen molar-refractivity contribution in [3.05, 3.63) is 29.8 Å². The van der Waals surface area contributed by atoms with Crippen LogP contribution in [-0.4, -0.2) is 67.7 Å². The molecule has 1 unspecified atom stereocenters. The van der Waals surface area contributed by atoms with Gasteiger partial charge >= 0.3 is 0 Å². The molecule has 3 rings (SSSR count). The number of piperazine rings is 1. The SMILES string of the molecule is COCCOc1cccc(C(=O)N2CCN(C3CC3)CC2C)c1. The lowest BCUT2D eigenvalue weighted by molar-refractivity contribution is 0.0473. The molecule has 1 heterocycles. The predicted octanol–water partition coefficient (Wildman–Crippen LogP) is 2.02. The molecule has 23 heavy (non-hydrogen) atoms. The second kappa shape index (κ2) is 7.32. The number of rotatable bonds is 6. The zero-order chi connectivity index (χ0) is 16.2. The Balaban J connectivity index is 1.61. The van der Waals surface area contributed by atoms with Gasteiger partial charge in [0.15, 0.2) is 0 Å². The Hall–Kier alpha value is -1.59. The molecule has 5 heteroatoms. The maximum Gasteiger partial charge on any atom is 0.254 e. The summed E-state index contributed by atoms with van der Waals surface area (Å²) in [6, 6.07) is 8.48. The van der Waals surface area contributed by atoms with Crippen molar-refractivity contribution < 1.29 is 14.3 Å². The normalized spacial score (nSPS) is 22.2. The smallest absolute Gasteiger partial charge is 0.254 e. The summed E-state index contributed by atoms with van der Waals surface area (Å²) in [5.74, 6) is 0.822. The molecule has 1 saturated heterocycles. The summed E-state index contributed by atoms with van der Waals surface area (Å²) in [6.07, 6.45) is 2.64. The first-order valence-electron chi connectivity index (χ1n) is 8.46. The molecule has 1 atom stereocenters. The van der Waals surface area contributed by atoms with Crippen molar-refractivity contribution in [2.24, 2.45) is 0 Å². The first-order valence-corrected chi connectivity index (χ1v) is 8.46. The molecule has 1 saturated carbocycles. The molecule has 0 spiro atoms. The summed E-state index contributed by atoms with van der Waals surface area (Å²) in [5.41, 5.74) is 0.701. The van der Waals surface area contributed by atoms with Crippen LogP contribution in [0.25, 0.3) is 0 Å². The van der Waals surface area contributed by atoms with Crippen LogP contribution in [0.1, 0.15) is 30.1 Å². The van der Waals surface area contributed by atoms with Crippen LogP contribution in [0.2, 0.25) is 0 Å². The quantitative estimate of drug-likeness (QED) is 0.753. The van der Waals surface area contributed by atoms with Gasteiger partial charge in [0, 0.05) is 44.4 Å². The van der Waals surface area contributed by atoms with Crippen LogP contribution in [0.5, 0.6) is 5.75 Å². The van der Waals surface area contributed by atoms with Gasteiger partial charge in [-0.1, -0.05) is 6.07 Å². The fourth-order valence-corrected chi connectivity index (χ4v) is 3.19. The summed E-state index contributed by atoms with van der Waals surface area (Å²) in [4.78, 5) is 17.3. The highest BCUT2D eigenvalue weighted by molar-refractivity contribution is 5.94. The van der Waals surface area contributed by atoms with E-state index in [0.717, 1.165) is 31.4 Å². The lowest BCUT2D eigenvalue weighted by atomic mass is 10.1. The van der Waals surface area contributed by atoms with Crippen molar-refractivity contribution in [2.75, 3.05) is 40.0 Å². The molecule has 2 aliphatic rings. The van der Waals surface area contributed by atoms with Crippen molar-refractivity contribution in [2.45, 2.75) is 31.8 Å². The van der Waals surface area contributed by atoms with Crippen LogP contribution >= 0.6 is 0 Å². The van der Waals surface area contributed by atoms with E-state index < -0.39 is 0 Å². The van der Waals surface area contributed by atoms with E-state index in [1.165, 1.54) is 12.8 Å². The van der Waals surface area contributed by atoms with Crippen LogP contribution < -0.4 is 4.74 Å². The van der Waals surface area contributed by atoms with E-state index >= 15 is 0 Å². The average Bonchev–Trinajstić information content (AvgIpc) is 3.40. The van der Waals surface area contributed by atoms with Gasteiger partial charge < -0.3 is 14.4 Å². The minimum absolute atomic E-state index is 0.102. The van der Waals surface area contributed by atoms with Crippen LogP contribution in [0, 0.1) is 0 Å². The highest BCUT2D eigenvalue weighted by Crippen LogP contribution is 2.29. The Labute approximate surface area is 138 Å². The molecule has 1 aliphatic carbocycles. The van der Waals surface area contributed by atoms with E-state index in [4.69, 9.17) is 9.47 Å². The Morgan fingerprint density at radius 3 is 2.78 bits per heavy atom. The number of carbonyl (C=O) groups excluding carboxylic acids is 1. The first kappa shape index (κ1) is 16.3. The van der Waals surface area contributed by atoms with E-state index in [9.17, 15) is 4.79 Å². The number of nitrogens with zero attached hydrogens (tertiary/aromatic N) is 2. The summed E-state index contributed by atoms with van der Waals surface area (Å²) in [7, 11) is 1.64. The fraction of sp³-hybridized carbons (Fsp3) is 0.611. The van der Waals surface area contributed by atoms with Crippen LogP contribution in [0.4, 0.5) is 0 Å². The Morgan fingerprint density at radius 1 is 1.26 bits per heavy atom. The maximum absolute atomic E-state index is 12.8. The number of hydrogen-bond acceptors (Lipinski definition) is 4. The Morgan fingerprint density at radius 2 is 2.09 bits per heavy atom. The third kappa shape index (κ3) is 4.03. The van der Waals surface area contributed by atoms with Crippen molar-refractivity contribution >= 4 is 5.91 Å². The molecule has 0 N–H and O–H groups in total. The average molecular weight is 318 g/mol. The monoisotopic (exact) mass is 318 g/mol. The number of hydrogen-bond donors (Lipinski definition) is 0. The Kier molecular flexibility index (Phi) is 5.18. The first-order chi connectivity index (χ1) is 11.2. The van der Waals surface area contributed by atoms with Gasteiger partial charge in [-0.15, -0.1) is 0 Å². The van der Waals surface area contributed by atoms with Gasteiger partial charge in [-0.25, -0.2) is 0 Å². The van der Waals surface area contributed by atoms with E-state index in [-0.39, 0.29) is 11.9 Å². The molecular weight excluding hydrogens is 292 g/mol. The zero-order valence-corrected chi connectivity index (χ0v) is 14.0. The lowest BCUT2D eigenvalue weighted by Crippen LogP contribution is -2.54. The highest BCUT2D eigenvalue weighted by atomic mass is 16.5. The molecular formula is C18H26N2O3. The maximum atomic E-state index is 12.8. The van der Waals surface area contributed by atoms with Gasteiger partial charge in [0.25, 0.3) is 5.91 Å². The van der Waals surface area contributed by atoms with Gasteiger partial charge in [-0.05, 0) is 38.0 Å². The highest BCUT2D eigenvalue weighted by Gasteiger charge is 2.35. The molecule has 5 nitrogen and oxygen atoms in total. The predicted molar refractivity (Wildman–Crippen MR) is 88.9 cm³/mol. The second-order valence-corrected chi connectivity index (χ2v) is 6.44. The van der Waals surface area contributed by atoms with E-state index in [1.807, 2.05) is 29.2 Å². The molecule has 1 aliphatic heterocycles. The Bertz CT molecular complexity index is 545. The van der Waals surface area contributed by atoms with Crippen LogP contribution in [-0.2, 0) is 4.74 Å². The van der Waals surface area contributed by atoms with Crippen molar-refractivity contribution in [1.29, 1.82) is 0 Å². The standard InChI is InChI=1S/C18H26N2O3/c1-14-13-19(16-6-7-16)8-9-20(14)18(21)15-4-3-5-17(12-15)23-11-10-22-2/h3-5,12,14,16H,6-11,13H2,1-2H3. The van der Waals surface area contributed by atoms with Crippen LogP contribution in [0.15, 0.2) is 24.3 Å². The summed E-state index contributed by atoms with van der Waals surface area (Å²) in [5, 5.41) is 0. The number of amides is 1. The van der Waals surface area contributed by atoms with Gasteiger partial charge in [-0.3, -0.25) is 9.69 Å². The van der Waals surface area contributed by atoms with Crippen molar-refractivity contribution in [3.63, 3.8) is 0 Å². The number of methoxy groups -OCH3 is 1. The van der Waals surface area contributed by atoms with Crippen LogP contribution in [0.3, 0.4) is 0 Å². The minimum atomic E-state index is 0.102. The fourth-order valence-electron chi connectivity index (χ4n) is 3.19. The molecule has 1 aromatic rings. The van der Waals surface area contributed by atoms with Gasteiger partial charge in [0.1, 0.15) is 12.4 Å². The van der Waals surface area contributed by atoms with Gasteiger partial charge in [0.05, 0.1) is 6.61 Å². The lowest BCUT2D eigenvalue weighted by Gasteiger charge is -2.40. The molecule has 0 bridgehead atoms. The molecule has 1 aromatic carbocycles. The largest absolute Gasteiger partial charge is 0.491 e. The van der Waals surface area contributed by atoms with E-state index in [2.05, 4.69) is 11.8 Å². The molecule has 2 fully saturated rings. The topological polar surface area (TPSA) is 42.0 Å². The zero-order valence-electron chi connectivity index (χ0n) is 14.0. The van der Waals surface area contributed by atoms with Gasteiger partial charge in [-0.2, -0.15) is 0 Å². The summed E-state index contributed by atoms with van der Waals surface area (Å²) in [6.45, 7) is 5.96. The van der Waals surface area contributed by atoms with E-state index in [1.54, 1.807) is 7.11 Å². The van der Waals surface area contributed by atoms with Crippen molar-refractivity contribution in [3.8, 4) is 5.75 Å². The molecule has 0 aromatic heterocycles.